The summed E-state index contributed by atoms with van der Waals surface area (Å²) >= 11 is 0. The van der Waals surface area contributed by atoms with Crippen LogP contribution in [0.2, 0.25) is 0 Å². The molecule has 2 N–H and O–H groups in total. The molecule has 0 atom stereocenters. The Morgan fingerprint density at radius 3 is 2.74 bits per heavy atom. The van der Waals surface area contributed by atoms with Gasteiger partial charge in [-0.25, -0.2) is 4.39 Å². The number of nitrogens with one attached hydrogen (secondary N) is 2. The number of hydrogen-bond acceptors (Lipinski definition) is 2. The Hall–Kier alpha value is -1.42. The molecule has 0 unspecified atom stereocenters. The van der Waals surface area contributed by atoms with Crippen molar-refractivity contribution < 1.29 is 9.18 Å². The first-order valence-electron chi connectivity index (χ1n) is 6.88. The Bertz CT molecular complexity index is 444. The summed E-state index contributed by atoms with van der Waals surface area (Å²) in [5, 5.41) is 6.02. The van der Waals surface area contributed by atoms with E-state index in [1.54, 1.807) is 6.07 Å². The number of benzene rings is 1. The van der Waals surface area contributed by atoms with Crippen LogP contribution in [0, 0.1) is 5.82 Å². The molecule has 2 rings (SSSR count). The number of carbonyl (C=O) groups excluding carboxylic acids is 1. The van der Waals surface area contributed by atoms with Crippen LogP contribution in [-0.4, -0.2) is 26.0 Å². The Balaban J connectivity index is 2.03. The van der Waals surface area contributed by atoms with Crippen molar-refractivity contribution in [3.8, 4) is 0 Å². The zero-order valence-corrected chi connectivity index (χ0v) is 11.3. The van der Waals surface area contributed by atoms with Gasteiger partial charge in [0.25, 0.3) is 0 Å². The van der Waals surface area contributed by atoms with Crippen molar-refractivity contribution in [2.45, 2.75) is 31.1 Å². The van der Waals surface area contributed by atoms with Gasteiger partial charge < -0.3 is 10.6 Å². The van der Waals surface area contributed by atoms with Crippen molar-refractivity contribution in [2.24, 2.45) is 0 Å². The minimum atomic E-state index is -0.498. The lowest BCUT2D eigenvalue weighted by Crippen LogP contribution is -2.49. The SMILES string of the molecule is CNCCCNC(=O)C1(c2cccc(F)c2)CCC1. The van der Waals surface area contributed by atoms with Gasteiger partial charge in [-0.05, 0) is 50.6 Å². The van der Waals surface area contributed by atoms with Gasteiger partial charge in [-0.1, -0.05) is 18.6 Å². The van der Waals surface area contributed by atoms with E-state index in [0.717, 1.165) is 37.8 Å². The molecule has 1 aromatic rings. The van der Waals surface area contributed by atoms with E-state index in [-0.39, 0.29) is 11.7 Å². The molecule has 0 radical (unpaired) electrons. The van der Waals surface area contributed by atoms with Gasteiger partial charge in [0.05, 0.1) is 5.41 Å². The molecule has 0 bridgehead atoms. The van der Waals surface area contributed by atoms with E-state index in [0.29, 0.717) is 6.54 Å². The molecule has 0 aromatic heterocycles. The molecular formula is C15H21FN2O. The first-order valence-corrected chi connectivity index (χ1v) is 6.88. The van der Waals surface area contributed by atoms with Crippen LogP contribution in [0.1, 0.15) is 31.2 Å². The van der Waals surface area contributed by atoms with Crippen LogP contribution in [0.5, 0.6) is 0 Å². The predicted octanol–water partition coefficient (Wildman–Crippen LogP) is 1.97. The highest BCUT2D eigenvalue weighted by Gasteiger charge is 2.45. The highest BCUT2D eigenvalue weighted by Crippen LogP contribution is 2.44. The largest absolute Gasteiger partial charge is 0.355 e. The maximum Gasteiger partial charge on any atom is 0.230 e. The summed E-state index contributed by atoms with van der Waals surface area (Å²) in [7, 11) is 1.89. The number of carbonyl (C=O) groups is 1. The van der Waals surface area contributed by atoms with Crippen LogP contribution in [0.4, 0.5) is 4.39 Å². The quantitative estimate of drug-likeness (QED) is 0.771. The van der Waals surface area contributed by atoms with Gasteiger partial charge in [-0.2, -0.15) is 0 Å². The summed E-state index contributed by atoms with van der Waals surface area (Å²) in [5.41, 5.74) is 0.312. The molecule has 1 aliphatic carbocycles. The molecule has 1 fully saturated rings. The van der Waals surface area contributed by atoms with Gasteiger partial charge in [0.2, 0.25) is 5.91 Å². The normalized spacial score (nSPS) is 16.7. The highest BCUT2D eigenvalue weighted by molar-refractivity contribution is 5.89. The first-order chi connectivity index (χ1) is 9.19. The number of amides is 1. The van der Waals surface area contributed by atoms with Crippen molar-refractivity contribution in [3.05, 3.63) is 35.6 Å². The Kier molecular flexibility index (Phi) is 4.53. The van der Waals surface area contributed by atoms with E-state index in [4.69, 9.17) is 0 Å². The van der Waals surface area contributed by atoms with Crippen molar-refractivity contribution in [3.63, 3.8) is 0 Å². The molecule has 1 aromatic carbocycles. The fraction of sp³-hybridized carbons (Fsp3) is 0.533. The topological polar surface area (TPSA) is 41.1 Å². The fourth-order valence-corrected chi connectivity index (χ4v) is 2.60. The Morgan fingerprint density at radius 2 is 2.16 bits per heavy atom. The predicted molar refractivity (Wildman–Crippen MR) is 73.5 cm³/mol. The zero-order chi connectivity index (χ0) is 13.7. The van der Waals surface area contributed by atoms with Gasteiger partial charge in [0.15, 0.2) is 0 Å². The third-order valence-corrected chi connectivity index (χ3v) is 3.91. The highest BCUT2D eigenvalue weighted by atomic mass is 19.1. The molecule has 4 heteroatoms. The third kappa shape index (κ3) is 2.95. The molecule has 0 heterocycles. The number of hydrogen-bond donors (Lipinski definition) is 2. The summed E-state index contributed by atoms with van der Waals surface area (Å²) in [6.45, 7) is 1.55. The summed E-state index contributed by atoms with van der Waals surface area (Å²) in [4.78, 5) is 12.4. The number of rotatable bonds is 6. The van der Waals surface area contributed by atoms with Crippen LogP contribution in [0.15, 0.2) is 24.3 Å². The molecule has 104 valence electrons. The van der Waals surface area contributed by atoms with E-state index in [9.17, 15) is 9.18 Å². The minimum Gasteiger partial charge on any atom is -0.355 e. The second-order valence-electron chi connectivity index (χ2n) is 5.16. The Labute approximate surface area is 113 Å². The molecule has 1 saturated carbocycles. The number of halogens is 1. The molecule has 3 nitrogen and oxygen atoms in total. The van der Waals surface area contributed by atoms with E-state index in [2.05, 4.69) is 10.6 Å². The lowest BCUT2D eigenvalue weighted by atomic mass is 9.64. The second-order valence-corrected chi connectivity index (χ2v) is 5.16. The van der Waals surface area contributed by atoms with E-state index >= 15 is 0 Å². The van der Waals surface area contributed by atoms with Gasteiger partial charge in [-0.15, -0.1) is 0 Å². The average Bonchev–Trinajstić information content (AvgIpc) is 2.33. The van der Waals surface area contributed by atoms with Gasteiger partial charge in [-0.3, -0.25) is 4.79 Å². The van der Waals surface area contributed by atoms with Crippen molar-refractivity contribution >= 4 is 5.91 Å². The molecule has 19 heavy (non-hydrogen) atoms. The maximum absolute atomic E-state index is 13.3. The lowest BCUT2D eigenvalue weighted by molar-refractivity contribution is -0.129. The molecular weight excluding hydrogens is 243 g/mol. The average molecular weight is 264 g/mol. The lowest BCUT2D eigenvalue weighted by Gasteiger charge is -2.40. The zero-order valence-electron chi connectivity index (χ0n) is 11.3. The van der Waals surface area contributed by atoms with Crippen molar-refractivity contribution in [1.29, 1.82) is 0 Å². The molecule has 0 aliphatic heterocycles. The van der Waals surface area contributed by atoms with Crippen LogP contribution in [0.3, 0.4) is 0 Å². The summed E-state index contributed by atoms with van der Waals surface area (Å²) < 4.78 is 13.3. The maximum atomic E-state index is 13.3. The van der Waals surface area contributed by atoms with Crippen LogP contribution in [0.25, 0.3) is 0 Å². The van der Waals surface area contributed by atoms with E-state index < -0.39 is 5.41 Å². The molecule has 1 aliphatic rings. The van der Waals surface area contributed by atoms with E-state index in [1.165, 1.54) is 12.1 Å². The van der Waals surface area contributed by atoms with Crippen LogP contribution >= 0.6 is 0 Å². The fourth-order valence-electron chi connectivity index (χ4n) is 2.60. The van der Waals surface area contributed by atoms with E-state index in [1.807, 2.05) is 13.1 Å². The standard InChI is InChI=1S/C15H21FN2O/c1-17-9-4-10-18-14(19)15(7-3-8-15)12-5-2-6-13(16)11-12/h2,5-6,11,17H,3-4,7-10H2,1H3,(H,18,19). The summed E-state index contributed by atoms with van der Waals surface area (Å²) in [6.07, 6.45) is 3.56. The third-order valence-electron chi connectivity index (χ3n) is 3.91. The van der Waals surface area contributed by atoms with Crippen LogP contribution < -0.4 is 10.6 Å². The second kappa shape index (κ2) is 6.15. The van der Waals surface area contributed by atoms with Gasteiger partial charge in [0.1, 0.15) is 5.82 Å². The smallest absolute Gasteiger partial charge is 0.230 e. The Morgan fingerprint density at radius 1 is 1.37 bits per heavy atom. The van der Waals surface area contributed by atoms with Gasteiger partial charge >= 0.3 is 0 Å². The molecule has 0 spiro atoms. The monoisotopic (exact) mass is 264 g/mol. The molecule has 0 saturated heterocycles. The van der Waals surface area contributed by atoms with Crippen molar-refractivity contribution in [1.82, 2.24) is 10.6 Å². The van der Waals surface area contributed by atoms with Crippen LogP contribution in [-0.2, 0) is 10.2 Å². The summed E-state index contributed by atoms with van der Waals surface area (Å²) in [5.74, 6) is -0.229. The van der Waals surface area contributed by atoms with Gasteiger partial charge in [0, 0.05) is 6.54 Å². The first kappa shape index (κ1) is 14.0. The minimum absolute atomic E-state index is 0.0421. The summed E-state index contributed by atoms with van der Waals surface area (Å²) in [6, 6.07) is 6.45. The molecule has 1 amide bonds. The van der Waals surface area contributed by atoms with Crippen molar-refractivity contribution in [2.75, 3.05) is 20.1 Å².